The van der Waals surface area contributed by atoms with Gasteiger partial charge in [0.25, 0.3) is 0 Å². The van der Waals surface area contributed by atoms with Crippen LogP contribution in [0.15, 0.2) is 55.4 Å². The first kappa shape index (κ1) is 23.7. The lowest BCUT2D eigenvalue weighted by atomic mass is 9.86. The summed E-state index contributed by atoms with van der Waals surface area (Å²) in [5.41, 5.74) is 8.68. The van der Waals surface area contributed by atoms with Gasteiger partial charge in [-0.2, -0.15) is 0 Å². The summed E-state index contributed by atoms with van der Waals surface area (Å²) in [4.78, 5) is 14.3. The zero-order valence-corrected chi connectivity index (χ0v) is 22.1. The minimum absolute atomic E-state index is 0.657. The molecule has 3 aliphatic rings. The summed E-state index contributed by atoms with van der Waals surface area (Å²) in [5, 5.41) is 6.87. The van der Waals surface area contributed by atoms with Crippen molar-refractivity contribution in [3.8, 4) is 11.3 Å². The number of nitrogens with one attached hydrogen (secondary N) is 2. The second kappa shape index (κ2) is 9.67. The van der Waals surface area contributed by atoms with E-state index in [0.717, 1.165) is 51.4 Å². The van der Waals surface area contributed by atoms with E-state index in [4.69, 9.17) is 4.98 Å². The lowest BCUT2D eigenvalue weighted by Crippen LogP contribution is -2.34. The van der Waals surface area contributed by atoms with Gasteiger partial charge in [0.05, 0.1) is 5.69 Å². The third-order valence-corrected chi connectivity index (χ3v) is 7.94. The van der Waals surface area contributed by atoms with Crippen molar-refractivity contribution < 1.29 is 0 Å². The molecular weight excluding hydrogens is 456 g/mol. The molecule has 2 N–H and O–H groups in total. The standard InChI is InChI=1S/C31H36N6/c1-20-17-25(6-9-27(20)22-12-15-37(16-13-22)26-7-8-26)34-31-30-21(2)32-14-11-23(30)18-28(35-31)24-5-10-29(33-19-24)36(3)4/h5-6,9-11,14,17-19,22,26,32H,2,7-8,12-13,15-16H2,1,3-4H3,(H,34,35). The average Bonchev–Trinajstić information content (AvgIpc) is 3.75. The molecule has 6 rings (SSSR count). The molecule has 0 atom stereocenters. The fraction of sp³-hybridized carbons (Fsp3) is 0.355. The highest BCUT2D eigenvalue weighted by Crippen LogP contribution is 2.37. The zero-order valence-electron chi connectivity index (χ0n) is 22.1. The molecule has 2 fully saturated rings. The van der Waals surface area contributed by atoms with Gasteiger partial charge < -0.3 is 20.4 Å². The normalized spacial score (nSPS) is 17.9. The number of hydrogen-bond acceptors (Lipinski definition) is 6. The summed E-state index contributed by atoms with van der Waals surface area (Å²) < 4.78 is 0. The van der Waals surface area contributed by atoms with E-state index in [1.807, 2.05) is 37.5 Å². The second-order valence-electron chi connectivity index (χ2n) is 10.8. The van der Waals surface area contributed by atoms with E-state index in [1.165, 1.54) is 49.9 Å². The van der Waals surface area contributed by atoms with Crippen molar-refractivity contribution in [1.82, 2.24) is 20.2 Å². The van der Waals surface area contributed by atoms with E-state index >= 15 is 0 Å². The van der Waals surface area contributed by atoms with Crippen LogP contribution in [0.1, 0.15) is 53.9 Å². The maximum Gasteiger partial charge on any atom is 0.141 e. The smallest absolute Gasteiger partial charge is 0.141 e. The minimum atomic E-state index is 0.657. The number of aromatic nitrogens is 2. The molecule has 0 bridgehead atoms. The SMILES string of the molecule is C=C1NC=Cc2cc(-c3ccc(N(C)C)nc3)nc(Nc3ccc(C4CCN(C5CC5)CC4)c(C)c3)c21. The number of nitrogens with zero attached hydrogens (tertiary/aromatic N) is 4. The van der Waals surface area contributed by atoms with Gasteiger partial charge in [0.15, 0.2) is 0 Å². The first-order valence-corrected chi connectivity index (χ1v) is 13.4. The summed E-state index contributed by atoms with van der Waals surface area (Å²) in [6, 6.07) is 13.9. The van der Waals surface area contributed by atoms with Crippen LogP contribution in [-0.2, 0) is 0 Å². The van der Waals surface area contributed by atoms with Crippen LogP contribution in [-0.4, -0.2) is 48.1 Å². The summed E-state index contributed by atoms with van der Waals surface area (Å²) in [6.07, 6.45) is 11.2. The van der Waals surface area contributed by atoms with Crippen LogP contribution in [0.25, 0.3) is 23.0 Å². The van der Waals surface area contributed by atoms with E-state index in [2.05, 4.69) is 70.4 Å². The first-order chi connectivity index (χ1) is 18.0. The van der Waals surface area contributed by atoms with E-state index < -0.39 is 0 Å². The maximum absolute atomic E-state index is 5.04. The number of fused-ring (bicyclic) bond motifs is 1. The fourth-order valence-electron chi connectivity index (χ4n) is 5.72. The van der Waals surface area contributed by atoms with Crippen LogP contribution in [0.3, 0.4) is 0 Å². The molecule has 0 amide bonds. The molecule has 6 nitrogen and oxygen atoms in total. The Morgan fingerprint density at radius 3 is 2.54 bits per heavy atom. The Balaban J connectivity index is 1.28. The number of rotatable bonds is 6. The average molecular weight is 493 g/mol. The molecule has 1 saturated heterocycles. The Bertz CT molecular complexity index is 1340. The van der Waals surface area contributed by atoms with Crippen LogP contribution in [0.2, 0.25) is 0 Å². The number of hydrogen-bond donors (Lipinski definition) is 2. The van der Waals surface area contributed by atoms with Gasteiger partial charge in [-0.05, 0) is 105 Å². The highest BCUT2D eigenvalue weighted by atomic mass is 15.2. The molecule has 0 unspecified atom stereocenters. The van der Waals surface area contributed by atoms with Crippen LogP contribution in [0, 0.1) is 6.92 Å². The van der Waals surface area contributed by atoms with Crippen LogP contribution in [0.5, 0.6) is 0 Å². The molecule has 1 saturated carbocycles. The lowest BCUT2D eigenvalue weighted by molar-refractivity contribution is 0.203. The monoisotopic (exact) mass is 492 g/mol. The summed E-state index contributed by atoms with van der Waals surface area (Å²) in [7, 11) is 3.99. The predicted molar refractivity (Wildman–Crippen MR) is 154 cm³/mol. The first-order valence-electron chi connectivity index (χ1n) is 13.4. The second-order valence-corrected chi connectivity index (χ2v) is 10.8. The van der Waals surface area contributed by atoms with Gasteiger partial charge in [-0.1, -0.05) is 12.6 Å². The summed E-state index contributed by atoms with van der Waals surface area (Å²) in [5.74, 6) is 2.38. The number of benzene rings is 1. The minimum Gasteiger partial charge on any atom is -0.363 e. The summed E-state index contributed by atoms with van der Waals surface area (Å²) in [6.45, 7) is 8.97. The van der Waals surface area contributed by atoms with E-state index in [9.17, 15) is 0 Å². The van der Waals surface area contributed by atoms with Crippen molar-refractivity contribution in [2.24, 2.45) is 0 Å². The van der Waals surface area contributed by atoms with E-state index in [0.29, 0.717) is 5.92 Å². The third-order valence-electron chi connectivity index (χ3n) is 7.94. The highest BCUT2D eigenvalue weighted by molar-refractivity contribution is 5.86. The van der Waals surface area contributed by atoms with Crippen molar-refractivity contribution in [3.63, 3.8) is 0 Å². The lowest BCUT2D eigenvalue weighted by Gasteiger charge is -2.33. The van der Waals surface area contributed by atoms with Crippen molar-refractivity contribution in [2.45, 2.75) is 44.6 Å². The van der Waals surface area contributed by atoms with Crippen molar-refractivity contribution in [2.75, 3.05) is 37.4 Å². The van der Waals surface area contributed by atoms with Crippen LogP contribution in [0.4, 0.5) is 17.3 Å². The number of anilines is 3. The quantitative estimate of drug-likeness (QED) is 0.431. The van der Waals surface area contributed by atoms with Crippen molar-refractivity contribution >= 4 is 29.1 Å². The molecule has 2 aromatic heterocycles. The molecule has 1 aromatic carbocycles. The number of aryl methyl sites for hydroxylation is 1. The maximum atomic E-state index is 5.04. The highest BCUT2D eigenvalue weighted by Gasteiger charge is 2.32. The summed E-state index contributed by atoms with van der Waals surface area (Å²) >= 11 is 0. The predicted octanol–water partition coefficient (Wildman–Crippen LogP) is 6.15. The molecule has 37 heavy (non-hydrogen) atoms. The van der Waals surface area contributed by atoms with Crippen LogP contribution < -0.4 is 15.5 Å². The van der Waals surface area contributed by atoms with Gasteiger partial charge in [0.1, 0.15) is 11.6 Å². The van der Waals surface area contributed by atoms with Crippen molar-refractivity contribution in [1.29, 1.82) is 0 Å². The van der Waals surface area contributed by atoms with Gasteiger partial charge >= 0.3 is 0 Å². The molecule has 1 aliphatic carbocycles. The van der Waals surface area contributed by atoms with Crippen LogP contribution >= 0.6 is 0 Å². The molecule has 0 spiro atoms. The van der Waals surface area contributed by atoms with Gasteiger partial charge in [0, 0.05) is 55.0 Å². The molecule has 0 radical (unpaired) electrons. The number of likely N-dealkylation sites (tertiary alicyclic amines) is 1. The van der Waals surface area contributed by atoms with Crippen molar-refractivity contribution in [3.05, 3.63) is 77.6 Å². The molecule has 4 heterocycles. The van der Waals surface area contributed by atoms with Gasteiger partial charge in [-0.15, -0.1) is 0 Å². The molecule has 190 valence electrons. The molecule has 2 aliphatic heterocycles. The largest absolute Gasteiger partial charge is 0.363 e. The Hall–Kier alpha value is -3.64. The zero-order chi connectivity index (χ0) is 25.5. The Morgan fingerprint density at radius 1 is 1.05 bits per heavy atom. The third kappa shape index (κ3) is 4.86. The molecular formula is C31H36N6. The van der Waals surface area contributed by atoms with Gasteiger partial charge in [-0.3, -0.25) is 0 Å². The van der Waals surface area contributed by atoms with Gasteiger partial charge in [-0.25, -0.2) is 9.97 Å². The Labute approximate surface area is 220 Å². The molecule has 3 aromatic rings. The van der Waals surface area contributed by atoms with E-state index in [1.54, 1.807) is 0 Å². The van der Waals surface area contributed by atoms with Gasteiger partial charge in [0.2, 0.25) is 0 Å². The Morgan fingerprint density at radius 2 is 1.86 bits per heavy atom. The fourth-order valence-corrected chi connectivity index (χ4v) is 5.72. The number of pyridine rings is 2. The Kier molecular flexibility index (Phi) is 6.21. The molecule has 6 heteroatoms. The number of piperidine rings is 1. The topological polar surface area (TPSA) is 56.3 Å². The van der Waals surface area contributed by atoms with E-state index in [-0.39, 0.29) is 0 Å².